The molecule has 0 N–H and O–H groups in total. The first-order chi connectivity index (χ1) is 7.15. The van der Waals surface area contributed by atoms with Crippen LogP contribution in [0.25, 0.3) is 0 Å². The van der Waals surface area contributed by atoms with Gasteiger partial charge in [-0.1, -0.05) is 0 Å². The van der Waals surface area contributed by atoms with Gasteiger partial charge >= 0.3 is 0 Å². The zero-order valence-corrected chi connectivity index (χ0v) is 8.69. The molecule has 0 aliphatic heterocycles. The van der Waals surface area contributed by atoms with E-state index in [9.17, 15) is 13.0 Å². The SMILES string of the molecule is N#CCCCS(=O)c1ccc(F)cc1F. The fourth-order valence-corrected chi connectivity index (χ4v) is 2.17. The molecule has 0 saturated carbocycles. The molecule has 1 aromatic rings. The van der Waals surface area contributed by atoms with Crippen molar-refractivity contribution < 1.29 is 13.0 Å². The van der Waals surface area contributed by atoms with Crippen LogP contribution in [0.3, 0.4) is 0 Å². The molecule has 0 amide bonds. The molecule has 0 saturated heterocycles. The number of hydrogen-bond donors (Lipinski definition) is 0. The van der Waals surface area contributed by atoms with Crippen molar-refractivity contribution in [2.45, 2.75) is 17.7 Å². The number of rotatable bonds is 4. The second-order valence-corrected chi connectivity index (χ2v) is 4.43. The maximum Gasteiger partial charge on any atom is 0.142 e. The van der Waals surface area contributed by atoms with Crippen LogP contribution in [0.4, 0.5) is 8.78 Å². The summed E-state index contributed by atoms with van der Waals surface area (Å²) in [5.41, 5.74) is 0. The van der Waals surface area contributed by atoms with Crippen molar-refractivity contribution in [1.29, 1.82) is 5.26 Å². The third kappa shape index (κ3) is 3.40. The lowest BCUT2D eigenvalue weighted by molar-refractivity contribution is 0.562. The van der Waals surface area contributed by atoms with E-state index in [1.807, 2.05) is 6.07 Å². The average molecular weight is 229 g/mol. The third-order valence-electron chi connectivity index (χ3n) is 1.76. The molecule has 5 heteroatoms. The van der Waals surface area contributed by atoms with E-state index >= 15 is 0 Å². The Morgan fingerprint density at radius 2 is 2.13 bits per heavy atom. The number of halogens is 2. The van der Waals surface area contributed by atoms with Crippen molar-refractivity contribution in [1.82, 2.24) is 0 Å². The van der Waals surface area contributed by atoms with Crippen molar-refractivity contribution in [3.05, 3.63) is 29.8 Å². The van der Waals surface area contributed by atoms with Crippen molar-refractivity contribution in [3.63, 3.8) is 0 Å². The van der Waals surface area contributed by atoms with E-state index in [0.29, 0.717) is 12.5 Å². The highest BCUT2D eigenvalue weighted by molar-refractivity contribution is 7.85. The van der Waals surface area contributed by atoms with Gasteiger partial charge in [0.1, 0.15) is 11.6 Å². The molecule has 80 valence electrons. The smallest absolute Gasteiger partial charge is 0.142 e. The number of benzene rings is 1. The van der Waals surface area contributed by atoms with Crippen molar-refractivity contribution in [2.24, 2.45) is 0 Å². The first-order valence-electron chi connectivity index (χ1n) is 4.35. The molecule has 1 unspecified atom stereocenters. The Labute approximate surface area is 89.0 Å². The van der Waals surface area contributed by atoms with E-state index < -0.39 is 22.4 Å². The van der Waals surface area contributed by atoms with Crippen LogP contribution in [-0.4, -0.2) is 9.96 Å². The summed E-state index contributed by atoms with van der Waals surface area (Å²) in [6.45, 7) is 0. The number of hydrogen-bond acceptors (Lipinski definition) is 2. The molecule has 1 aromatic carbocycles. The van der Waals surface area contributed by atoms with E-state index in [0.717, 1.165) is 6.07 Å². The first kappa shape index (κ1) is 11.8. The molecule has 0 fully saturated rings. The third-order valence-corrected chi connectivity index (χ3v) is 3.24. The first-order valence-corrected chi connectivity index (χ1v) is 5.67. The second-order valence-electron chi connectivity index (χ2n) is 2.89. The van der Waals surface area contributed by atoms with Gasteiger partial charge in [0.15, 0.2) is 0 Å². The van der Waals surface area contributed by atoms with Crippen molar-refractivity contribution >= 4 is 10.8 Å². The van der Waals surface area contributed by atoms with Crippen LogP contribution in [-0.2, 0) is 10.8 Å². The summed E-state index contributed by atoms with van der Waals surface area (Å²) in [5, 5.41) is 8.27. The Bertz CT molecular complexity index is 414. The lowest BCUT2D eigenvalue weighted by Crippen LogP contribution is -2.01. The Hall–Kier alpha value is -1.28. The van der Waals surface area contributed by atoms with Gasteiger partial charge < -0.3 is 0 Å². The Morgan fingerprint density at radius 3 is 2.73 bits per heavy atom. The normalized spacial score (nSPS) is 12.1. The van der Waals surface area contributed by atoms with Crippen LogP contribution < -0.4 is 0 Å². The van der Waals surface area contributed by atoms with Gasteiger partial charge in [0.25, 0.3) is 0 Å². The summed E-state index contributed by atoms with van der Waals surface area (Å²) < 4.78 is 37.1. The van der Waals surface area contributed by atoms with Crippen LogP contribution in [0.5, 0.6) is 0 Å². The fraction of sp³-hybridized carbons (Fsp3) is 0.300. The maximum absolute atomic E-state index is 13.1. The number of nitriles is 1. The van der Waals surface area contributed by atoms with Gasteiger partial charge in [-0.3, -0.25) is 4.21 Å². The van der Waals surface area contributed by atoms with Crippen LogP contribution >= 0.6 is 0 Å². The van der Waals surface area contributed by atoms with Gasteiger partial charge in [-0.25, -0.2) is 8.78 Å². The van der Waals surface area contributed by atoms with Gasteiger partial charge in [0, 0.05) is 18.2 Å². The quantitative estimate of drug-likeness (QED) is 0.744. The van der Waals surface area contributed by atoms with Crippen LogP contribution in [0.15, 0.2) is 23.1 Å². The summed E-state index contributed by atoms with van der Waals surface area (Å²) in [4.78, 5) is -0.00524. The summed E-state index contributed by atoms with van der Waals surface area (Å²) in [7, 11) is -1.50. The predicted molar refractivity (Wildman–Crippen MR) is 52.5 cm³/mol. The van der Waals surface area contributed by atoms with Gasteiger partial charge in [0.05, 0.1) is 21.8 Å². The topological polar surface area (TPSA) is 40.9 Å². The minimum Gasteiger partial charge on any atom is -0.254 e. The Balaban J connectivity index is 2.70. The highest BCUT2D eigenvalue weighted by atomic mass is 32.2. The van der Waals surface area contributed by atoms with E-state index in [2.05, 4.69) is 0 Å². The van der Waals surface area contributed by atoms with Crippen LogP contribution in [0.1, 0.15) is 12.8 Å². The lowest BCUT2D eigenvalue weighted by atomic mass is 10.3. The van der Waals surface area contributed by atoms with Crippen molar-refractivity contribution in [3.8, 4) is 6.07 Å². The number of nitrogens with zero attached hydrogens (tertiary/aromatic N) is 1. The average Bonchev–Trinajstić information content (AvgIpc) is 2.17. The highest BCUT2D eigenvalue weighted by Gasteiger charge is 2.10. The van der Waals surface area contributed by atoms with Gasteiger partial charge in [-0.05, 0) is 18.6 Å². The predicted octanol–water partition coefficient (Wildman–Crippen LogP) is 2.38. The summed E-state index contributed by atoms with van der Waals surface area (Å²) in [5.74, 6) is -1.27. The zero-order chi connectivity index (χ0) is 11.3. The Kier molecular flexibility index (Phi) is 4.37. The standard InChI is InChI=1S/C10H9F2NOS/c11-8-3-4-10(9(12)7-8)15(14)6-2-1-5-13/h3-4,7H,1-2,6H2. The minimum atomic E-state index is -1.50. The van der Waals surface area contributed by atoms with E-state index in [-0.39, 0.29) is 17.1 Å². The van der Waals surface area contributed by atoms with Gasteiger partial charge in [-0.15, -0.1) is 0 Å². The van der Waals surface area contributed by atoms with E-state index in [1.165, 1.54) is 6.07 Å². The molecule has 0 aliphatic carbocycles. The molecule has 0 heterocycles. The molecular formula is C10H9F2NOS. The molecule has 0 aromatic heterocycles. The Morgan fingerprint density at radius 1 is 1.40 bits per heavy atom. The minimum absolute atomic E-state index is 0.00524. The summed E-state index contributed by atoms with van der Waals surface area (Å²) >= 11 is 0. The molecule has 2 nitrogen and oxygen atoms in total. The largest absolute Gasteiger partial charge is 0.254 e. The molecule has 1 rings (SSSR count). The van der Waals surface area contributed by atoms with Crippen molar-refractivity contribution in [2.75, 3.05) is 5.75 Å². The monoisotopic (exact) mass is 229 g/mol. The van der Waals surface area contributed by atoms with E-state index in [4.69, 9.17) is 5.26 Å². The molecule has 15 heavy (non-hydrogen) atoms. The van der Waals surface area contributed by atoms with Gasteiger partial charge in [-0.2, -0.15) is 5.26 Å². The van der Waals surface area contributed by atoms with Crippen LogP contribution in [0, 0.1) is 23.0 Å². The lowest BCUT2D eigenvalue weighted by Gasteiger charge is -2.02. The molecule has 0 spiro atoms. The van der Waals surface area contributed by atoms with Gasteiger partial charge in [0.2, 0.25) is 0 Å². The maximum atomic E-state index is 13.1. The second kappa shape index (κ2) is 5.56. The van der Waals surface area contributed by atoms with E-state index in [1.54, 1.807) is 0 Å². The summed E-state index contributed by atoms with van der Waals surface area (Å²) in [6, 6.07) is 4.86. The molecule has 0 radical (unpaired) electrons. The molecular weight excluding hydrogens is 220 g/mol. The number of unbranched alkanes of at least 4 members (excludes halogenated alkanes) is 1. The zero-order valence-electron chi connectivity index (χ0n) is 7.87. The molecule has 0 aliphatic rings. The fourth-order valence-electron chi connectivity index (χ4n) is 1.05. The molecule has 0 bridgehead atoms. The van der Waals surface area contributed by atoms with Crippen LogP contribution in [0.2, 0.25) is 0 Å². The highest BCUT2D eigenvalue weighted by Crippen LogP contribution is 2.14. The molecule has 1 atom stereocenters. The summed E-state index contributed by atoms with van der Waals surface area (Å²) in [6.07, 6.45) is 0.731.